The average molecular weight is 159 g/mol. The Morgan fingerprint density at radius 2 is 2.00 bits per heavy atom. The maximum absolute atomic E-state index is 4.26. The molecule has 0 unspecified atom stereocenters. The van der Waals surface area contributed by atoms with E-state index in [0.29, 0.717) is 0 Å². The van der Waals surface area contributed by atoms with Gasteiger partial charge in [-0.25, -0.2) is 0 Å². The predicted molar refractivity (Wildman–Crippen MR) is 48.3 cm³/mol. The molecule has 0 bridgehead atoms. The topological polar surface area (TPSA) is 40.5 Å². The van der Waals surface area contributed by atoms with Gasteiger partial charge >= 0.3 is 0 Å². The van der Waals surface area contributed by atoms with Gasteiger partial charge in [0, 0.05) is 11.6 Å². The molecule has 2 heteroatoms. The van der Waals surface area contributed by atoms with Crippen LogP contribution in [-0.4, -0.2) is 4.98 Å². The van der Waals surface area contributed by atoms with Gasteiger partial charge in [-0.3, -0.25) is 4.98 Å². The predicted octanol–water partition coefficient (Wildman–Crippen LogP) is 0.977. The molecule has 0 amide bonds. The minimum Gasteiger partial charge on any atom is -0.353 e. The first-order valence-corrected chi connectivity index (χ1v) is 4.03. The van der Waals surface area contributed by atoms with Crippen LogP contribution in [0.25, 0.3) is 10.8 Å². The zero-order valence-electron chi connectivity index (χ0n) is 6.83. The fourth-order valence-electron chi connectivity index (χ4n) is 1.38. The van der Waals surface area contributed by atoms with E-state index in [1.807, 2.05) is 24.4 Å². The van der Waals surface area contributed by atoms with Gasteiger partial charge in [0.25, 0.3) is 0 Å². The van der Waals surface area contributed by atoms with Crippen molar-refractivity contribution in [1.82, 2.24) is 4.98 Å². The van der Waals surface area contributed by atoms with Gasteiger partial charge in [-0.1, -0.05) is 24.3 Å². The van der Waals surface area contributed by atoms with Crippen LogP contribution < -0.4 is 5.73 Å². The first-order valence-electron chi connectivity index (χ1n) is 4.03. The van der Waals surface area contributed by atoms with E-state index in [2.05, 4.69) is 22.9 Å². The highest BCUT2D eigenvalue weighted by Crippen LogP contribution is 2.14. The summed E-state index contributed by atoms with van der Waals surface area (Å²) < 4.78 is 0. The number of pyridine rings is 1. The van der Waals surface area contributed by atoms with E-state index in [0.717, 1.165) is 12.2 Å². The molecule has 3 N–H and O–H groups in total. The monoisotopic (exact) mass is 159 g/mol. The largest absolute Gasteiger partial charge is 0.353 e. The molecule has 2 rings (SSSR count). The lowest BCUT2D eigenvalue weighted by molar-refractivity contribution is -0.387. The summed E-state index contributed by atoms with van der Waals surface area (Å²) in [5.74, 6) is 0. The molecule has 12 heavy (non-hydrogen) atoms. The van der Waals surface area contributed by atoms with Gasteiger partial charge in [0.2, 0.25) is 0 Å². The van der Waals surface area contributed by atoms with E-state index in [-0.39, 0.29) is 0 Å². The van der Waals surface area contributed by atoms with Gasteiger partial charge in [-0.15, -0.1) is 0 Å². The Morgan fingerprint density at radius 1 is 1.17 bits per heavy atom. The van der Waals surface area contributed by atoms with Gasteiger partial charge in [0.05, 0.1) is 0 Å². The van der Waals surface area contributed by atoms with Crippen LogP contribution in [0.5, 0.6) is 0 Å². The minimum absolute atomic E-state index is 0.751. The highest BCUT2D eigenvalue weighted by molar-refractivity contribution is 5.84. The number of aromatic nitrogens is 1. The van der Waals surface area contributed by atoms with E-state index in [1.54, 1.807) is 0 Å². The van der Waals surface area contributed by atoms with Crippen molar-refractivity contribution in [2.75, 3.05) is 0 Å². The molecule has 0 saturated carbocycles. The molecule has 0 aliphatic rings. The quantitative estimate of drug-likeness (QED) is 0.662. The van der Waals surface area contributed by atoms with E-state index >= 15 is 0 Å². The fourth-order valence-corrected chi connectivity index (χ4v) is 1.38. The zero-order chi connectivity index (χ0) is 8.39. The van der Waals surface area contributed by atoms with Crippen molar-refractivity contribution >= 4 is 10.8 Å². The summed E-state index contributed by atoms with van der Waals surface area (Å²) in [4.78, 5) is 4.26. The number of nitrogens with zero attached hydrogens (tertiary/aromatic N) is 1. The highest BCUT2D eigenvalue weighted by atomic mass is 14.7. The SMILES string of the molecule is [NH3+]Cc1nccc2ccccc12. The fraction of sp³-hybridized carbons (Fsp3) is 0.100. The third-order valence-corrected chi connectivity index (χ3v) is 1.99. The number of hydrogen-bond donors (Lipinski definition) is 1. The lowest BCUT2D eigenvalue weighted by atomic mass is 10.1. The molecule has 2 aromatic rings. The smallest absolute Gasteiger partial charge is 0.118 e. The van der Waals surface area contributed by atoms with Crippen LogP contribution >= 0.6 is 0 Å². The molecule has 0 fully saturated rings. The van der Waals surface area contributed by atoms with Crippen LogP contribution in [0, 0.1) is 0 Å². The van der Waals surface area contributed by atoms with Crippen LogP contribution in [0.3, 0.4) is 0 Å². The Balaban J connectivity index is 2.79. The average Bonchev–Trinajstić information content (AvgIpc) is 2.17. The molecule has 1 heterocycles. The Kier molecular flexibility index (Phi) is 1.76. The number of hydrogen-bond acceptors (Lipinski definition) is 1. The summed E-state index contributed by atoms with van der Waals surface area (Å²) in [6.07, 6.45) is 1.84. The standard InChI is InChI=1S/C10H10N2/c11-7-10-9-4-2-1-3-8(9)5-6-12-10/h1-6H,7,11H2/p+1. The van der Waals surface area contributed by atoms with Crippen molar-refractivity contribution in [2.45, 2.75) is 6.54 Å². The second-order valence-electron chi connectivity index (χ2n) is 2.73. The van der Waals surface area contributed by atoms with Crippen molar-refractivity contribution in [3.8, 4) is 0 Å². The Hall–Kier alpha value is -1.41. The second-order valence-corrected chi connectivity index (χ2v) is 2.73. The zero-order valence-corrected chi connectivity index (χ0v) is 6.83. The summed E-state index contributed by atoms with van der Waals surface area (Å²) >= 11 is 0. The van der Waals surface area contributed by atoms with Crippen LogP contribution in [0.1, 0.15) is 5.69 Å². The molecule has 2 nitrogen and oxygen atoms in total. The van der Waals surface area contributed by atoms with Crippen LogP contribution in [0.15, 0.2) is 36.5 Å². The van der Waals surface area contributed by atoms with Crippen molar-refractivity contribution in [3.05, 3.63) is 42.2 Å². The lowest BCUT2D eigenvalue weighted by Gasteiger charge is -1.99. The third kappa shape index (κ3) is 1.06. The molecule has 0 radical (unpaired) electrons. The van der Waals surface area contributed by atoms with Crippen molar-refractivity contribution in [2.24, 2.45) is 0 Å². The van der Waals surface area contributed by atoms with Crippen molar-refractivity contribution < 1.29 is 5.73 Å². The molecule has 0 spiro atoms. The lowest BCUT2D eigenvalue weighted by Crippen LogP contribution is -2.47. The van der Waals surface area contributed by atoms with E-state index < -0.39 is 0 Å². The van der Waals surface area contributed by atoms with Gasteiger partial charge in [-0.2, -0.15) is 0 Å². The third-order valence-electron chi connectivity index (χ3n) is 1.99. The van der Waals surface area contributed by atoms with Gasteiger partial charge in [-0.05, 0) is 11.5 Å². The van der Waals surface area contributed by atoms with Crippen LogP contribution in [0.2, 0.25) is 0 Å². The molecule has 1 aromatic heterocycles. The summed E-state index contributed by atoms with van der Waals surface area (Å²) in [5.41, 5.74) is 4.92. The van der Waals surface area contributed by atoms with E-state index in [4.69, 9.17) is 0 Å². The maximum Gasteiger partial charge on any atom is 0.118 e. The molecule has 0 atom stereocenters. The second kappa shape index (κ2) is 2.91. The van der Waals surface area contributed by atoms with Gasteiger partial charge in [0.1, 0.15) is 12.2 Å². The Labute approximate surface area is 71.0 Å². The maximum atomic E-state index is 4.26. The summed E-state index contributed by atoms with van der Waals surface area (Å²) in [6.45, 7) is 0.751. The molecule has 60 valence electrons. The summed E-state index contributed by atoms with van der Waals surface area (Å²) in [5, 5.41) is 2.46. The number of rotatable bonds is 1. The molecular formula is C10H11N2+. The minimum atomic E-state index is 0.751. The number of quaternary nitrogens is 1. The van der Waals surface area contributed by atoms with Gasteiger partial charge < -0.3 is 5.73 Å². The number of benzene rings is 1. The molecule has 0 aliphatic carbocycles. The highest BCUT2D eigenvalue weighted by Gasteiger charge is 1.99. The first kappa shape index (κ1) is 7.25. The van der Waals surface area contributed by atoms with Crippen LogP contribution in [-0.2, 0) is 6.54 Å². The Bertz CT molecular complexity index is 390. The number of fused-ring (bicyclic) bond motifs is 1. The van der Waals surface area contributed by atoms with Crippen molar-refractivity contribution in [1.29, 1.82) is 0 Å². The first-order chi connectivity index (χ1) is 5.92. The Morgan fingerprint density at radius 3 is 2.83 bits per heavy atom. The summed E-state index contributed by atoms with van der Waals surface area (Å²) in [7, 11) is 0. The summed E-state index contributed by atoms with van der Waals surface area (Å²) in [6, 6.07) is 10.3. The van der Waals surface area contributed by atoms with Crippen molar-refractivity contribution in [3.63, 3.8) is 0 Å². The van der Waals surface area contributed by atoms with Gasteiger partial charge in [0.15, 0.2) is 0 Å². The molecule has 1 aromatic carbocycles. The molecule has 0 aliphatic heterocycles. The normalized spacial score (nSPS) is 10.4. The van der Waals surface area contributed by atoms with Crippen LogP contribution in [0.4, 0.5) is 0 Å². The molecule has 0 saturated heterocycles. The van der Waals surface area contributed by atoms with E-state index in [9.17, 15) is 0 Å². The molecular weight excluding hydrogens is 148 g/mol. The van der Waals surface area contributed by atoms with E-state index in [1.165, 1.54) is 10.8 Å².